The van der Waals surface area contributed by atoms with Crippen LogP contribution < -0.4 is 9.64 Å². The van der Waals surface area contributed by atoms with Gasteiger partial charge >= 0.3 is 6.03 Å². The van der Waals surface area contributed by atoms with Crippen LogP contribution in [0.2, 0.25) is 0 Å². The first-order valence-electron chi connectivity index (χ1n) is 6.44. The summed E-state index contributed by atoms with van der Waals surface area (Å²) in [5, 5.41) is 7.86. The van der Waals surface area contributed by atoms with Gasteiger partial charge in [0.15, 0.2) is 10.8 Å². The van der Waals surface area contributed by atoms with E-state index >= 15 is 0 Å². The predicted molar refractivity (Wildman–Crippen MR) is 88.5 cm³/mol. The molecule has 0 aromatic heterocycles. The molecule has 2 heterocycles. The zero-order chi connectivity index (χ0) is 15.5. The van der Waals surface area contributed by atoms with Crippen molar-refractivity contribution in [2.45, 2.75) is 25.9 Å². The van der Waals surface area contributed by atoms with Crippen molar-refractivity contribution in [3.63, 3.8) is 0 Å². The van der Waals surface area contributed by atoms with Gasteiger partial charge in [-0.2, -0.15) is 0 Å². The fourth-order valence-corrected chi connectivity index (χ4v) is 3.34. The molecule has 1 fully saturated rings. The number of ether oxygens (including phenoxy) is 1. The molecule has 7 heteroatoms. The Labute approximate surface area is 136 Å². The number of anilines is 1. The van der Waals surface area contributed by atoms with E-state index in [2.05, 4.69) is 15.9 Å². The maximum Gasteiger partial charge on any atom is 0.335 e. The number of nitrogens with one attached hydrogen (secondary N) is 1. The number of urea groups is 1. The third-order valence-corrected chi connectivity index (χ3v) is 4.74. The minimum Gasteiger partial charge on any atom is -0.485 e. The molecule has 5 nitrogen and oxygen atoms in total. The number of halogens is 1. The smallest absolute Gasteiger partial charge is 0.335 e. The Morgan fingerprint density at radius 3 is 2.67 bits per heavy atom. The van der Waals surface area contributed by atoms with Crippen molar-refractivity contribution < 1.29 is 9.53 Å². The molecule has 110 valence electrons. The largest absolute Gasteiger partial charge is 0.485 e. The lowest BCUT2D eigenvalue weighted by atomic mass is 10.0. The Hall–Kier alpha value is -1.47. The highest BCUT2D eigenvalue weighted by Gasteiger charge is 2.42. The molecule has 0 atom stereocenters. The molecule has 2 amide bonds. The van der Waals surface area contributed by atoms with Crippen LogP contribution in [0.1, 0.15) is 19.4 Å². The summed E-state index contributed by atoms with van der Waals surface area (Å²) >= 11 is 8.76. The van der Waals surface area contributed by atoms with Gasteiger partial charge in [0.05, 0.1) is 5.69 Å². The maximum atomic E-state index is 12.3. The van der Waals surface area contributed by atoms with Crippen molar-refractivity contribution in [1.29, 1.82) is 5.41 Å². The summed E-state index contributed by atoms with van der Waals surface area (Å²) in [5.41, 5.74) is 1.29. The van der Waals surface area contributed by atoms with E-state index in [9.17, 15) is 4.79 Å². The van der Waals surface area contributed by atoms with Crippen molar-refractivity contribution in [3.05, 3.63) is 22.2 Å². The number of carbonyl (C=O) groups excluding carboxylic acids is 1. The van der Waals surface area contributed by atoms with Crippen LogP contribution in [0.5, 0.6) is 5.75 Å². The van der Waals surface area contributed by atoms with E-state index in [1.807, 2.05) is 19.9 Å². The molecule has 0 radical (unpaired) electrons. The minimum absolute atomic E-state index is 0.0314. The Morgan fingerprint density at radius 2 is 2.10 bits per heavy atom. The SMILES string of the molecule is CN1C(=N)C(=S)N(c2ccc(Br)c3c2OC(C)(C)C3)C1=O. The zero-order valence-corrected chi connectivity index (χ0v) is 14.3. The van der Waals surface area contributed by atoms with Crippen LogP contribution in [0.4, 0.5) is 10.5 Å². The van der Waals surface area contributed by atoms with Gasteiger partial charge in [0, 0.05) is 23.5 Å². The van der Waals surface area contributed by atoms with Gasteiger partial charge in [0.25, 0.3) is 0 Å². The summed E-state index contributed by atoms with van der Waals surface area (Å²) in [5.74, 6) is 0.692. The first-order chi connectivity index (χ1) is 9.73. The molecule has 0 saturated carbocycles. The zero-order valence-electron chi connectivity index (χ0n) is 11.9. The number of nitrogens with zero attached hydrogens (tertiary/aromatic N) is 2. The minimum atomic E-state index is -0.331. The average Bonchev–Trinajstić information content (AvgIpc) is 2.83. The number of rotatable bonds is 1. The van der Waals surface area contributed by atoms with Gasteiger partial charge in [-0.05, 0) is 26.0 Å². The Bertz CT molecular complexity index is 702. The predicted octanol–water partition coefficient (Wildman–Crippen LogP) is 3.34. The standard InChI is InChI=1S/C14H14BrN3O2S/c1-14(2)6-7-8(15)4-5-9(10(7)20-14)18-12(21)11(16)17(3)13(18)19/h4-5,16H,6H2,1-3H3. The first-order valence-corrected chi connectivity index (χ1v) is 7.64. The van der Waals surface area contributed by atoms with Crippen LogP contribution in [0.25, 0.3) is 0 Å². The van der Waals surface area contributed by atoms with E-state index in [1.54, 1.807) is 13.1 Å². The molecule has 1 N–H and O–H groups in total. The lowest BCUT2D eigenvalue weighted by molar-refractivity contribution is 0.139. The number of fused-ring (bicyclic) bond motifs is 1. The number of hydrogen-bond acceptors (Lipinski definition) is 4. The molecule has 21 heavy (non-hydrogen) atoms. The van der Waals surface area contributed by atoms with E-state index in [0.29, 0.717) is 11.4 Å². The summed E-state index contributed by atoms with van der Waals surface area (Å²) in [6, 6.07) is 3.35. The number of hydrogen-bond donors (Lipinski definition) is 1. The van der Waals surface area contributed by atoms with E-state index in [-0.39, 0.29) is 22.5 Å². The number of amides is 2. The van der Waals surface area contributed by atoms with Crippen molar-refractivity contribution >= 4 is 50.7 Å². The van der Waals surface area contributed by atoms with Gasteiger partial charge in [0.2, 0.25) is 0 Å². The first kappa shape index (κ1) is 14.5. The molecule has 1 saturated heterocycles. The van der Waals surface area contributed by atoms with E-state index in [1.165, 1.54) is 9.80 Å². The van der Waals surface area contributed by atoms with Gasteiger partial charge in [-0.3, -0.25) is 10.3 Å². The fourth-order valence-electron chi connectivity index (χ4n) is 2.58. The number of thiocarbonyl (C=S) groups is 1. The van der Waals surface area contributed by atoms with E-state index in [4.69, 9.17) is 22.4 Å². The highest BCUT2D eigenvalue weighted by molar-refractivity contribution is 9.10. The third-order valence-electron chi connectivity index (χ3n) is 3.62. The summed E-state index contributed by atoms with van der Waals surface area (Å²) < 4.78 is 6.96. The lowest BCUT2D eigenvalue weighted by Crippen LogP contribution is -2.31. The second kappa shape index (κ2) is 4.51. The number of amidine groups is 1. The van der Waals surface area contributed by atoms with Crippen LogP contribution in [-0.2, 0) is 6.42 Å². The molecule has 2 aliphatic rings. The summed E-state index contributed by atoms with van der Waals surface area (Å²) in [6.45, 7) is 4.00. The molecule has 0 bridgehead atoms. The maximum absolute atomic E-state index is 12.3. The van der Waals surface area contributed by atoms with Gasteiger partial charge in [-0.25, -0.2) is 9.69 Å². The van der Waals surface area contributed by atoms with Crippen molar-refractivity contribution in [3.8, 4) is 5.75 Å². The van der Waals surface area contributed by atoms with Crippen molar-refractivity contribution in [2.24, 2.45) is 0 Å². The van der Waals surface area contributed by atoms with Crippen LogP contribution in [-0.4, -0.2) is 34.4 Å². The van der Waals surface area contributed by atoms with Gasteiger partial charge in [-0.15, -0.1) is 0 Å². The molecule has 0 spiro atoms. The number of likely N-dealkylation sites (N-methyl/N-ethyl adjacent to an activating group) is 1. The molecule has 1 aromatic carbocycles. The molecular weight excluding hydrogens is 354 g/mol. The lowest BCUT2D eigenvalue weighted by Gasteiger charge is -2.21. The summed E-state index contributed by atoms with van der Waals surface area (Å²) in [7, 11) is 1.54. The Kier molecular flexibility index (Phi) is 3.11. The van der Waals surface area contributed by atoms with Crippen LogP contribution in [0.15, 0.2) is 16.6 Å². The normalized spacial score (nSPS) is 20.1. The Balaban J connectivity index is 2.15. The third kappa shape index (κ3) is 2.06. The Morgan fingerprint density at radius 1 is 1.43 bits per heavy atom. The molecule has 1 aromatic rings. The average molecular weight is 368 g/mol. The van der Waals surface area contributed by atoms with Crippen LogP contribution in [0.3, 0.4) is 0 Å². The van der Waals surface area contributed by atoms with E-state index < -0.39 is 0 Å². The van der Waals surface area contributed by atoms with Crippen LogP contribution in [0, 0.1) is 5.41 Å². The number of carbonyl (C=O) groups is 1. The van der Waals surface area contributed by atoms with Crippen LogP contribution >= 0.6 is 28.1 Å². The molecule has 3 rings (SSSR count). The van der Waals surface area contributed by atoms with Gasteiger partial charge < -0.3 is 4.74 Å². The molecule has 2 aliphatic heterocycles. The summed E-state index contributed by atoms with van der Waals surface area (Å²) in [6.07, 6.45) is 0.749. The van der Waals surface area contributed by atoms with Crippen molar-refractivity contribution in [1.82, 2.24) is 4.90 Å². The number of benzene rings is 1. The van der Waals surface area contributed by atoms with Gasteiger partial charge in [-0.1, -0.05) is 28.1 Å². The molecule has 0 aliphatic carbocycles. The molecular formula is C14H14BrN3O2S. The fraction of sp³-hybridized carbons (Fsp3) is 0.357. The highest BCUT2D eigenvalue weighted by Crippen LogP contribution is 2.46. The topological polar surface area (TPSA) is 56.6 Å². The quantitative estimate of drug-likeness (QED) is 0.774. The molecule has 0 unspecified atom stereocenters. The second-order valence-corrected chi connectivity index (χ2v) is 6.98. The second-order valence-electron chi connectivity index (χ2n) is 5.74. The highest BCUT2D eigenvalue weighted by atomic mass is 79.9. The van der Waals surface area contributed by atoms with Crippen molar-refractivity contribution in [2.75, 3.05) is 11.9 Å². The van der Waals surface area contributed by atoms with Gasteiger partial charge in [0.1, 0.15) is 11.4 Å². The monoisotopic (exact) mass is 367 g/mol. The van der Waals surface area contributed by atoms with E-state index in [0.717, 1.165) is 16.5 Å². The summed E-state index contributed by atoms with van der Waals surface area (Å²) in [4.78, 5) is 15.1.